The quantitative estimate of drug-likeness (QED) is 0.666. The number of hydrogen-bond donors (Lipinski definition) is 2. The highest BCUT2D eigenvalue weighted by atomic mass is 35.5. The molecule has 2 aromatic carbocycles. The number of rotatable bonds is 7. The van der Waals surface area contributed by atoms with Crippen molar-refractivity contribution < 1.29 is 17.9 Å². The van der Waals surface area contributed by atoms with Gasteiger partial charge in [-0.25, -0.2) is 8.42 Å². The van der Waals surface area contributed by atoms with Crippen molar-refractivity contribution >= 4 is 38.9 Å². The summed E-state index contributed by atoms with van der Waals surface area (Å²) in [5.74, 6) is 0.214. The molecule has 0 atom stereocenters. The van der Waals surface area contributed by atoms with Gasteiger partial charge in [-0.15, -0.1) is 0 Å². The first kappa shape index (κ1) is 21.5. The molecule has 8 heteroatoms. The first-order chi connectivity index (χ1) is 13.8. The summed E-state index contributed by atoms with van der Waals surface area (Å²) in [5, 5.41) is 3.62. The van der Waals surface area contributed by atoms with Crippen molar-refractivity contribution in [1.82, 2.24) is 0 Å². The predicted octanol–water partition coefficient (Wildman–Crippen LogP) is 4.56. The molecule has 0 aromatic heterocycles. The number of halogens is 1. The van der Waals surface area contributed by atoms with Gasteiger partial charge in [-0.05, 0) is 49.6 Å². The number of benzene rings is 2. The van der Waals surface area contributed by atoms with Crippen molar-refractivity contribution in [2.75, 3.05) is 22.9 Å². The summed E-state index contributed by atoms with van der Waals surface area (Å²) in [5.41, 5.74) is 1.24. The van der Waals surface area contributed by atoms with Crippen molar-refractivity contribution in [1.29, 1.82) is 0 Å². The molecule has 3 rings (SSSR count). The zero-order chi connectivity index (χ0) is 21.1. The molecule has 0 radical (unpaired) electrons. The van der Waals surface area contributed by atoms with E-state index in [1.165, 1.54) is 7.11 Å². The van der Waals surface area contributed by atoms with Crippen LogP contribution in [0.4, 0.5) is 11.4 Å². The van der Waals surface area contributed by atoms with Crippen molar-refractivity contribution in [3.8, 4) is 5.75 Å². The molecule has 6 nitrogen and oxygen atoms in total. The third-order valence-electron chi connectivity index (χ3n) is 5.39. The first-order valence-corrected chi connectivity index (χ1v) is 11.6. The second kappa shape index (κ2) is 8.63. The molecule has 29 heavy (non-hydrogen) atoms. The van der Waals surface area contributed by atoms with Crippen LogP contribution in [-0.2, 0) is 20.2 Å². The van der Waals surface area contributed by atoms with E-state index in [0.717, 1.165) is 31.2 Å². The Labute approximate surface area is 176 Å². The van der Waals surface area contributed by atoms with Crippen LogP contribution in [-0.4, -0.2) is 27.2 Å². The number of hydrogen-bond acceptors (Lipinski definition) is 4. The number of ether oxygens (including phenoxy) is 1. The van der Waals surface area contributed by atoms with E-state index in [2.05, 4.69) is 10.0 Å². The Hall–Kier alpha value is -2.25. The van der Waals surface area contributed by atoms with Crippen LogP contribution in [0.15, 0.2) is 42.5 Å². The zero-order valence-corrected chi connectivity index (χ0v) is 18.1. The maximum Gasteiger partial charge on any atom is 0.235 e. The molecule has 0 saturated heterocycles. The van der Waals surface area contributed by atoms with Gasteiger partial charge in [0.2, 0.25) is 15.9 Å². The lowest BCUT2D eigenvalue weighted by Gasteiger charge is -2.28. The highest BCUT2D eigenvalue weighted by Gasteiger charge is 2.42. The van der Waals surface area contributed by atoms with Crippen molar-refractivity contribution in [2.24, 2.45) is 0 Å². The van der Waals surface area contributed by atoms with Crippen LogP contribution in [0, 0.1) is 0 Å². The Bertz CT molecular complexity index is 984. The Kier molecular flexibility index (Phi) is 6.39. The SMILES string of the molecule is CCS(=O)(=O)Nc1ccc(NC(=O)C2(c3ccc(Cl)cc3)CCCC2)cc1OC. The van der Waals surface area contributed by atoms with E-state index < -0.39 is 15.4 Å². The summed E-state index contributed by atoms with van der Waals surface area (Å²) in [6.07, 6.45) is 3.51. The monoisotopic (exact) mass is 436 g/mol. The van der Waals surface area contributed by atoms with Crippen molar-refractivity contribution in [3.63, 3.8) is 0 Å². The number of methoxy groups -OCH3 is 1. The van der Waals surface area contributed by atoms with Gasteiger partial charge in [0.1, 0.15) is 5.75 Å². The van der Waals surface area contributed by atoms with E-state index in [-0.39, 0.29) is 11.7 Å². The topological polar surface area (TPSA) is 84.5 Å². The van der Waals surface area contributed by atoms with Crippen LogP contribution >= 0.6 is 11.6 Å². The van der Waals surface area contributed by atoms with Gasteiger partial charge in [-0.2, -0.15) is 0 Å². The minimum Gasteiger partial charge on any atom is -0.494 e. The minimum absolute atomic E-state index is 0.0434. The molecule has 0 unspecified atom stereocenters. The maximum atomic E-state index is 13.3. The lowest BCUT2D eigenvalue weighted by molar-refractivity contribution is -0.121. The second-order valence-corrected chi connectivity index (χ2v) is 9.62. The van der Waals surface area contributed by atoms with Gasteiger partial charge in [0.05, 0.1) is 24.0 Å². The predicted molar refractivity (Wildman–Crippen MR) is 116 cm³/mol. The van der Waals surface area contributed by atoms with Gasteiger partial charge < -0.3 is 10.1 Å². The van der Waals surface area contributed by atoms with E-state index in [1.54, 1.807) is 25.1 Å². The Morgan fingerprint density at radius 2 is 1.79 bits per heavy atom. The fourth-order valence-electron chi connectivity index (χ4n) is 3.74. The number of carbonyl (C=O) groups excluding carboxylic acids is 1. The van der Waals surface area contributed by atoms with Gasteiger partial charge in [0, 0.05) is 16.8 Å². The third-order valence-corrected chi connectivity index (χ3v) is 6.94. The summed E-state index contributed by atoms with van der Waals surface area (Å²) in [4.78, 5) is 13.3. The fraction of sp³-hybridized carbons (Fsp3) is 0.381. The zero-order valence-electron chi connectivity index (χ0n) is 16.5. The van der Waals surface area contributed by atoms with Gasteiger partial charge in [-0.3, -0.25) is 9.52 Å². The molecule has 1 amide bonds. The Balaban J connectivity index is 1.86. The molecule has 156 valence electrons. The summed E-state index contributed by atoms with van der Waals surface area (Å²) in [6, 6.07) is 12.3. The normalized spacial score (nSPS) is 15.7. The van der Waals surface area contributed by atoms with Gasteiger partial charge in [-0.1, -0.05) is 36.6 Å². The molecule has 1 fully saturated rings. The summed E-state index contributed by atoms with van der Waals surface area (Å²) >= 11 is 6.01. The molecule has 2 aromatic rings. The third kappa shape index (κ3) is 4.67. The average molecular weight is 437 g/mol. The highest BCUT2D eigenvalue weighted by Crippen LogP contribution is 2.42. The van der Waals surface area contributed by atoms with Crippen LogP contribution in [0.2, 0.25) is 5.02 Å². The summed E-state index contributed by atoms with van der Waals surface area (Å²) < 4.78 is 31.5. The fourth-order valence-corrected chi connectivity index (χ4v) is 4.51. The average Bonchev–Trinajstić information content (AvgIpc) is 3.20. The van der Waals surface area contributed by atoms with Crippen molar-refractivity contribution in [3.05, 3.63) is 53.1 Å². The molecule has 1 aliphatic carbocycles. The van der Waals surface area contributed by atoms with Gasteiger partial charge >= 0.3 is 0 Å². The van der Waals surface area contributed by atoms with E-state index in [1.807, 2.05) is 24.3 Å². The smallest absolute Gasteiger partial charge is 0.235 e. The molecule has 1 saturated carbocycles. The molecular formula is C21H25ClN2O4S. The molecule has 0 heterocycles. The molecule has 0 aliphatic heterocycles. The standard InChI is InChI=1S/C21H25ClN2O4S/c1-3-29(26,27)24-18-11-10-17(14-19(18)28-2)23-20(25)21(12-4-5-13-21)15-6-8-16(22)9-7-15/h6-11,14,24H,3-5,12-13H2,1-2H3,(H,23,25). The van der Waals surface area contributed by atoms with Crippen LogP contribution in [0.5, 0.6) is 5.75 Å². The molecule has 2 N–H and O–H groups in total. The maximum absolute atomic E-state index is 13.3. The first-order valence-electron chi connectivity index (χ1n) is 9.56. The Morgan fingerprint density at radius 3 is 2.38 bits per heavy atom. The summed E-state index contributed by atoms with van der Waals surface area (Å²) in [7, 11) is -1.98. The minimum atomic E-state index is -3.43. The largest absolute Gasteiger partial charge is 0.494 e. The van der Waals surface area contributed by atoms with Gasteiger partial charge in [0.15, 0.2) is 0 Å². The molecule has 0 spiro atoms. The number of sulfonamides is 1. The number of anilines is 2. The second-order valence-electron chi connectivity index (χ2n) is 7.17. The van der Waals surface area contributed by atoms with E-state index in [4.69, 9.17) is 16.3 Å². The molecular weight excluding hydrogens is 412 g/mol. The molecule has 0 bridgehead atoms. The highest BCUT2D eigenvalue weighted by molar-refractivity contribution is 7.92. The van der Waals surface area contributed by atoms with Crippen LogP contribution < -0.4 is 14.8 Å². The number of nitrogens with one attached hydrogen (secondary N) is 2. The van der Waals surface area contributed by atoms with E-state index in [9.17, 15) is 13.2 Å². The summed E-state index contributed by atoms with van der Waals surface area (Å²) in [6.45, 7) is 1.56. The van der Waals surface area contributed by atoms with Crippen LogP contribution in [0.25, 0.3) is 0 Å². The molecule has 1 aliphatic rings. The lowest BCUT2D eigenvalue weighted by Crippen LogP contribution is -2.38. The lowest BCUT2D eigenvalue weighted by atomic mass is 9.78. The number of carbonyl (C=O) groups is 1. The van der Waals surface area contributed by atoms with E-state index >= 15 is 0 Å². The van der Waals surface area contributed by atoms with Gasteiger partial charge in [0.25, 0.3) is 0 Å². The van der Waals surface area contributed by atoms with E-state index in [0.29, 0.717) is 22.1 Å². The van der Waals surface area contributed by atoms with Crippen LogP contribution in [0.3, 0.4) is 0 Å². The van der Waals surface area contributed by atoms with Crippen LogP contribution in [0.1, 0.15) is 38.2 Å². The Morgan fingerprint density at radius 1 is 1.14 bits per heavy atom. The van der Waals surface area contributed by atoms with Crippen molar-refractivity contribution in [2.45, 2.75) is 38.0 Å². The number of amides is 1.